The van der Waals surface area contributed by atoms with Gasteiger partial charge in [0.05, 0.1) is 5.41 Å². The van der Waals surface area contributed by atoms with Crippen molar-refractivity contribution in [2.24, 2.45) is 5.92 Å². The minimum Gasteiger partial charge on any atom is -0.481 e. The van der Waals surface area contributed by atoms with Gasteiger partial charge in [0.25, 0.3) is 0 Å². The maximum absolute atomic E-state index is 12.3. The normalized spacial score (nSPS) is 31.8. The Hall–Kier alpha value is -1.35. The largest absolute Gasteiger partial charge is 0.481 e. The van der Waals surface area contributed by atoms with Crippen molar-refractivity contribution in [2.45, 2.75) is 56.5 Å². The summed E-state index contributed by atoms with van der Waals surface area (Å²) in [5.74, 6) is -0.402. The molecule has 114 valence electrons. The quantitative estimate of drug-likeness (QED) is 0.923. The van der Waals surface area contributed by atoms with E-state index in [1.165, 1.54) is 12.8 Å². The van der Waals surface area contributed by atoms with Gasteiger partial charge in [0.1, 0.15) is 0 Å². The first-order valence-electron chi connectivity index (χ1n) is 8.10. The predicted octanol–water partition coefficient (Wildman–Crippen LogP) is 3.29. The number of carbonyl (C=O) groups is 1. The number of hydrogen-bond donors (Lipinski definition) is 1. The lowest BCUT2D eigenvalue weighted by Crippen LogP contribution is -2.50. The molecule has 0 aromatic heterocycles. The van der Waals surface area contributed by atoms with Crippen LogP contribution in [0.4, 0.5) is 0 Å². The van der Waals surface area contributed by atoms with Gasteiger partial charge < -0.3 is 10.0 Å². The summed E-state index contributed by atoms with van der Waals surface area (Å²) in [6, 6.07) is 11.0. The van der Waals surface area contributed by atoms with Crippen molar-refractivity contribution in [2.75, 3.05) is 7.05 Å². The third-order valence-corrected chi connectivity index (χ3v) is 6.02. The summed E-state index contributed by atoms with van der Waals surface area (Å²) in [5.41, 5.74) is 0.262. The summed E-state index contributed by atoms with van der Waals surface area (Å²) < 4.78 is 0. The molecule has 0 saturated carbocycles. The van der Waals surface area contributed by atoms with E-state index in [1.54, 1.807) is 0 Å². The van der Waals surface area contributed by atoms with Crippen molar-refractivity contribution in [3.63, 3.8) is 0 Å². The lowest BCUT2D eigenvalue weighted by Gasteiger charge is -2.45. The van der Waals surface area contributed by atoms with Gasteiger partial charge in [0.2, 0.25) is 0 Å². The van der Waals surface area contributed by atoms with Crippen LogP contribution < -0.4 is 0 Å². The fourth-order valence-electron chi connectivity index (χ4n) is 4.73. The second-order valence-corrected chi connectivity index (χ2v) is 6.71. The van der Waals surface area contributed by atoms with Crippen molar-refractivity contribution in [1.29, 1.82) is 0 Å². The van der Waals surface area contributed by atoms with Crippen LogP contribution in [0, 0.1) is 5.92 Å². The van der Waals surface area contributed by atoms with Crippen LogP contribution in [0.1, 0.15) is 44.6 Å². The topological polar surface area (TPSA) is 40.5 Å². The van der Waals surface area contributed by atoms with Gasteiger partial charge in [0.15, 0.2) is 0 Å². The third kappa shape index (κ3) is 2.18. The van der Waals surface area contributed by atoms with E-state index in [0.717, 1.165) is 18.4 Å². The highest BCUT2D eigenvalue weighted by molar-refractivity contribution is 5.82. The average Bonchev–Trinajstić information content (AvgIpc) is 2.71. The molecular weight excluding hydrogens is 262 g/mol. The van der Waals surface area contributed by atoms with Gasteiger partial charge in [-0.05, 0) is 50.6 Å². The Morgan fingerprint density at radius 3 is 2.29 bits per heavy atom. The van der Waals surface area contributed by atoms with Crippen LogP contribution in [0.2, 0.25) is 0 Å². The minimum atomic E-state index is -0.719. The van der Waals surface area contributed by atoms with Gasteiger partial charge in [-0.25, -0.2) is 0 Å². The molecule has 3 atom stereocenters. The lowest BCUT2D eigenvalue weighted by molar-refractivity contribution is -0.148. The van der Waals surface area contributed by atoms with Crippen molar-refractivity contribution in [3.8, 4) is 0 Å². The molecule has 0 aliphatic carbocycles. The molecule has 2 bridgehead atoms. The second kappa shape index (κ2) is 5.45. The smallest absolute Gasteiger partial charge is 0.314 e. The van der Waals surface area contributed by atoms with Crippen LogP contribution in [-0.2, 0) is 10.2 Å². The second-order valence-electron chi connectivity index (χ2n) is 6.71. The summed E-state index contributed by atoms with van der Waals surface area (Å²) in [6.07, 6.45) is 5.15. The fourth-order valence-corrected chi connectivity index (χ4v) is 4.73. The molecule has 2 fully saturated rings. The third-order valence-electron chi connectivity index (χ3n) is 6.02. The van der Waals surface area contributed by atoms with Gasteiger partial charge in [-0.3, -0.25) is 4.79 Å². The highest BCUT2D eigenvalue weighted by Crippen LogP contribution is 2.48. The minimum absolute atomic E-state index is 0.246. The van der Waals surface area contributed by atoms with E-state index in [1.807, 2.05) is 37.3 Å². The van der Waals surface area contributed by atoms with E-state index < -0.39 is 11.4 Å². The Labute approximate surface area is 127 Å². The predicted molar refractivity (Wildman–Crippen MR) is 83.3 cm³/mol. The summed E-state index contributed by atoms with van der Waals surface area (Å²) in [6.45, 7) is 2.03. The van der Waals surface area contributed by atoms with E-state index in [4.69, 9.17) is 0 Å². The van der Waals surface area contributed by atoms with Crippen molar-refractivity contribution >= 4 is 5.97 Å². The number of carboxylic acids is 1. The number of hydrogen-bond acceptors (Lipinski definition) is 2. The zero-order valence-electron chi connectivity index (χ0n) is 13.0. The monoisotopic (exact) mass is 287 g/mol. The van der Waals surface area contributed by atoms with Crippen molar-refractivity contribution in [3.05, 3.63) is 35.9 Å². The summed E-state index contributed by atoms with van der Waals surface area (Å²) in [7, 11) is 2.20. The first-order valence-corrected chi connectivity index (χ1v) is 8.10. The maximum atomic E-state index is 12.3. The Morgan fingerprint density at radius 2 is 1.81 bits per heavy atom. The molecule has 2 saturated heterocycles. The molecule has 3 heteroatoms. The Balaban J connectivity index is 1.99. The molecular formula is C18H25NO2. The number of piperidine rings is 1. The molecule has 0 amide bonds. The van der Waals surface area contributed by atoms with Crippen LogP contribution in [-0.4, -0.2) is 35.1 Å². The zero-order chi connectivity index (χ0) is 15.0. The average molecular weight is 287 g/mol. The fraction of sp³-hybridized carbons (Fsp3) is 0.611. The standard InChI is InChI=1S/C18H25NO2/c1-3-18(17(20)21,13-7-5-4-6-8-13)14-11-15-9-10-16(12-14)19(15)2/h4-8,14-16H,3,9-12H2,1-2H3,(H,20,21). The molecule has 2 aliphatic rings. The van der Waals surface area contributed by atoms with Crippen molar-refractivity contribution in [1.82, 2.24) is 4.90 Å². The SMILES string of the molecule is CCC(C(=O)O)(c1ccccc1)C1CC2CCC(C1)N2C. The first-order chi connectivity index (χ1) is 10.1. The van der Waals surface area contributed by atoms with E-state index >= 15 is 0 Å². The molecule has 2 heterocycles. The van der Waals surface area contributed by atoms with E-state index in [0.29, 0.717) is 18.5 Å². The Bertz CT molecular complexity index is 501. The number of rotatable bonds is 4. The zero-order valence-corrected chi connectivity index (χ0v) is 13.0. The molecule has 21 heavy (non-hydrogen) atoms. The van der Waals surface area contributed by atoms with Crippen LogP contribution in [0.25, 0.3) is 0 Å². The molecule has 0 radical (unpaired) electrons. The number of benzene rings is 1. The van der Waals surface area contributed by atoms with E-state index in [9.17, 15) is 9.90 Å². The summed E-state index contributed by atoms with van der Waals surface area (Å²) >= 11 is 0. The lowest BCUT2D eigenvalue weighted by atomic mass is 9.64. The number of fused-ring (bicyclic) bond motifs is 2. The first kappa shape index (κ1) is 14.6. The van der Waals surface area contributed by atoms with E-state index in [-0.39, 0.29) is 5.92 Å². The van der Waals surface area contributed by atoms with Crippen LogP contribution >= 0.6 is 0 Å². The van der Waals surface area contributed by atoms with Gasteiger partial charge in [-0.2, -0.15) is 0 Å². The van der Waals surface area contributed by atoms with Crippen LogP contribution in [0.15, 0.2) is 30.3 Å². The molecule has 1 N–H and O–H groups in total. The molecule has 2 aliphatic heterocycles. The molecule has 3 unspecified atom stereocenters. The summed E-state index contributed by atoms with van der Waals surface area (Å²) in [5, 5.41) is 10.1. The highest BCUT2D eigenvalue weighted by atomic mass is 16.4. The maximum Gasteiger partial charge on any atom is 0.314 e. The molecule has 0 spiro atoms. The molecule has 3 rings (SSSR count). The Kier molecular flexibility index (Phi) is 3.78. The Morgan fingerprint density at radius 1 is 1.24 bits per heavy atom. The van der Waals surface area contributed by atoms with Crippen LogP contribution in [0.5, 0.6) is 0 Å². The van der Waals surface area contributed by atoms with Crippen molar-refractivity contribution < 1.29 is 9.90 Å². The van der Waals surface area contributed by atoms with Gasteiger partial charge in [0, 0.05) is 12.1 Å². The molecule has 1 aromatic carbocycles. The molecule has 3 nitrogen and oxygen atoms in total. The van der Waals surface area contributed by atoms with Crippen LogP contribution in [0.3, 0.4) is 0 Å². The number of carboxylic acid groups (broad SMARTS) is 1. The van der Waals surface area contributed by atoms with Gasteiger partial charge in [-0.15, -0.1) is 0 Å². The van der Waals surface area contributed by atoms with Gasteiger partial charge >= 0.3 is 5.97 Å². The number of aliphatic carboxylic acids is 1. The molecule has 1 aromatic rings. The number of nitrogens with zero attached hydrogens (tertiary/aromatic N) is 1. The highest BCUT2D eigenvalue weighted by Gasteiger charge is 2.51. The van der Waals surface area contributed by atoms with E-state index in [2.05, 4.69) is 11.9 Å². The van der Waals surface area contributed by atoms with Gasteiger partial charge in [-0.1, -0.05) is 37.3 Å². The summed E-state index contributed by atoms with van der Waals surface area (Å²) in [4.78, 5) is 14.7.